The van der Waals surface area contributed by atoms with Gasteiger partial charge in [-0.15, -0.1) is 11.6 Å². The maximum Gasteiger partial charge on any atom is 0.305 e. The molecule has 1 atom stereocenters. The van der Waals surface area contributed by atoms with Crippen LogP contribution in [0.25, 0.3) is 0 Å². The van der Waals surface area contributed by atoms with Crippen LogP contribution in [0.5, 0.6) is 0 Å². The van der Waals surface area contributed by atoms with E-state index in [1.807, 2.05) is 0 Å². The summed E-state index contributed by atoms with van der Waals surface area (Å²) in [5.74, 6) is -1.06. The molecule has 0 aromatic rings. The Hall–Kier alpha value is -0.570. The fraction of sp³-hybridized carbons (Fsp3) is 0.500. The number of aliphatic carboxylic acids is 1. The summed E-state index contributed by atoms with van der Waals surface area (Å²) >= 11 is 5.11. The Bertz CT molecular complexity index is 101. The zero-order chi connectivity index (χ0) is 6.57. The average molecular weight is 137 g/mol. The van der Waals surface area contributed by atoms with E-state index in [1.54, 1.807) is 0 Å². The third kappa shape index (κ3) is 3.61. The number of carboxylic acid groups (broad SMARTS) is 1. The van der Waals surface area contributed by atoms with Gasteiger partial charge < -0.3 is 9.90 Å². The molecule has 0 amide bonds. The van der Waals surface area contributed by atoms with Crippen molar-refractivity contribution in [1.29, 1.82) is 0 Å². The summed E-state index contributed by atoms with van der Waals surface area (Å²) in [6.45, 7) is 0. The minimum atomic E-state index is -1.06. The summed E-state index contributed by atoms with van der Waals surface area (Å²) in [6, 6.07) is 0. The number of halogens is 1. The third-order valence-electron chi connectivity index (χ3n) is 0.517. The standard InChI is InChI=1S/C4H5ClO3/c5-3(2-6)1-4(7)8/h2-3H,1H2,(H,7,8). The van der Waals surface area contributed by atoms with Gasteiger partial charge in [-0.1, -0.05) is 0 Å². The molecule has 8 heavy (non-hydrogen) atoms. The van der Waals surface area contributed by atoms with Crippen LogP contribution in [-0.2, 0) is 9.59 Å². The zero-order valence-corrected chi connectivity index (χ0v) is 4.76. The Morgan fingerprint density at radius 3 is 2.50 bits per heavy atom. The summed E-state index contributed by atoms with van der Waals surface area (Å²) in [5, 5.41) is 7.09. The summed E-state index contributed by atoms with van der Waals surface area (Å²) in [5.41, 5.74) is 0. The van der Waals surface area contributed by atoms with Crippen LogP contribution in [0.2, 0.25) is 0 Å². The lowest BCUT2D eigenvalue weighted by molar-refractivity contribution is -0.137. The van der Waals surface area contributed by atoms with E-state index < -0.39 is 11.3 Å². The molecule has 0 saturated carbocycles. The predicted octanol–water partition coefficient (Wildman–Crippen LogP) is 0.267. The summed E-state index contributed by atoms with van der Waals surface area (Å²) in [4.78, 5) is 19.4. The Morgan fingerprint density at radius 1 is 1.88 bits per heavy atom. The Morgan fingerprint density at radius 2 is 2.38 bits per heavy atom. The summed E-state index contributed by atoms with van der Waals surface area (Å²) in [6.07, 6.45) is 0.0979. The average Bonchev–Trinajstić information content (AvgIpc) is 1.65. The molecule has 0 saturated heterocycles. The van der Waals surface area contributed by atoms with Gasteiger partial charge in [0.25, 0.3) is 0 Å². The number of alkyl halides is 1. The minimum absolute atomic E-state index is 0.301. The van der Waals surface area contributed by atoms with E-state index >= 15 is 0 Å². The number of carbonyl (C=O) groups excluding carboxylic acids is 1. The molecule has 0 aromatic heterocycles. The lowest BCUT2D eigenvalue weighted by atomic mass is 10.3. The lowest BCUT2D eigenvalue weighted by Crippen LogP contribution is -2.07. The topological polar surface area (TPSA) is 54.4 Å². The smallest absolute Gasteiger partial charge is 0.305 e. The van der Waals surface area contributed by atoms with Crippen molar-refractivity contribution in [1.82, 2.24) is 0 Å². The van der Waals surface area contributed by atoms with Gasteiger partial charge in [0.05, 0.1) is 11.8 Å². The van der Waals surface area contributed by atoms with E-state index in [4.69, 9.17) is 16.7 Å². The number of rotatable bonds is 3. The largest absolute Gasteiger partial charge is 0.481 e. The molecule has 0 radical (unpaired) electrons. The molecule has 0 rings (SSSR count). The predicted molar refractivity (Wildman–Crippen MR) is 28.0 cm³/mol. The van der Waals surface area contributed by atoms with Crippen LogP contribution < -0.4 is 0 Å². The first kappa shape index (κ1) is 7.43. The maximum absolute atomic E-state index is 9.73. The number of carbonyl (C=O) groups is 2. The van der Waals surface area contributed by atoms with Crippen molar-refractivity contribution in [3.8, 4) is 0 Å². The van der Waals surface area contributed by atoms with E-state index in [0.717, 1.165) is 0 Å². The van der Waals surface area contributed by atoms with Gasteiger partial charge in [-0.2, -0.15) is 0 Å². The van der Waals surface area contributed by atoms with Crippen molar-refractivity contribution in [2.75, 3.05) is 0 Å². The van der Waals surface area contributed by atoms with E-state index in [2.05, 4.69) is 0 Å². The van der Waals surface area contributed by atoms with Crippen molar-refractivity contribution in [3.63, 3.8) is 0 Å². The number of carboxylic acids is 1. The lowest BCUT2D eigenvalue weighted by Gasteiger charge is -1.91. The van der Waals surface area contributed by atoms with Crippen molar-refractivity contribution < 1.29 is 14.7 Å². The number of aldehydes is 1. The van der Waals surface area contributed by atoms with E-state index in [1.165, 1.54) is 0 Å². The van der Waals surface area contributed by atoms with Crippen LogP contribution in [0, 0.1) is 0 Å². The van der Waals surface area contributed by atoms with Crippen LogP contribution in [0.1, 0.15) is 6.42 Å². The van der Waals surface area contributed by atoms with Crippen LogP contribution in [0.4, 0.5) is 0 Å². The molecule has 1 unspecified atom stereocenters. The van der Waals surface area contributed by atoms with Gasteiger partial charge in [0.2, 0.25) is 0 Å². The fourth-order valence-electron chi connectivity index (χ4n) is 0.215. The number of hydrogen-bond donors (Lipinski definition) is 1. The highest BCUT2D eigenvalue weighted by Gasteiger charge is 2.06. The highest BCUT2D eigenvalue weighted by molar-refractivity contribution is 6.28. The molecule has 0 aromatic carbocycles. The highest BCUT2D eigenvalue weighted by atomic mass is 35.5. The molecule has 46 valence electrons. The second-order valence-corrected chi connectivity index (χ2v) is 1.81. The monoisotopic (exact) mass is 136 g/mol. The Balaban J connectivity index is 3.38. The third-order valence-corrected chi connectivity index (χ3v) is 0.774. The molecule has 1 N–H and O–H groups in total. The van der Waals surface area contributed by atoms with E-state index in [9.17, 15) is 9.59 Å². The zero-order valence-electron chi connectivity index (χ0n) is 4.00. The Kier molecular flexibility index (Phi) is 3.19. The van der Waals surface area contributed by atoms with Gasteiger partial charge in [0.1, 0.15) is 6.29 Å². The van der Waals surface area contributed by atoms with Crippen LogP contribution in [0.3, 0.4) is 0 Å². The molecule has 0 spiro atoms. The van der Waals surface area contributed by atoms with Gasteiger partial charge in [-0.3, -0.25) is 4.79 Å². The van der Waals surface area contributed by atoms with Gasteiger partial charge in [-0.05, 0) is 0 Å². The normalized spacial score (nSPS) is 12.6. The summed E-state index contributed by atoms with van der Waals surface area (Å²) in [7, 11) is 0. The van der Waals surface area contributed by atoms with E-state index in [-0.39, 0.29) is 6.42 Å². The molecule has 0 heterocycles. The highest BCUT2D eigenvalue weighted by Crippen LogP contribution is 1.95. The van der Waals surface area contributed by atoms with E-state index in [0.29, 0.717) is 6.29 Å². The van der Waals surface area contributed by atoms with Gasteiger partial charge in [-0.25, -0.2) is 0 Å². The van der Waals surface area contributed by atoms with Crippen molar-refractivity contribution >= 4 is 23.9 Å². The molecule has 0 bridgehead atoms. The Labute approximate surface area is 51.3 Å². The van der Waals surface area contributed by atoms with Gasteiger partial charge >= 0.3 is 5.97 Å². The fourth-order valence-corrected chi connectivity index (χ4v) is 0.347. The quantitative estimate of drug-likeness (QED) is 0.448. The maximum atomic E-state index is 9.73. The first-order valence-electron chi connectivity index (χ1n) is 1.98. The van der Waals surface area contributed by atoms with Gasteiger partial charge in [0.15, 0.2) is 0 Å². The molecule has 3 nitrogen and oxygen atoms in total. The molecule has 0 aliphatic rings. The van der Waals surface area contributed by atoms with Crippen molar-refractivity contribution in [3.05, 3.63) is 0 Å². The van der Waals surface area contributed by atoms with Crippen LogP contribution in [0.15, 0.2) is 0 Å². The molecular formula is C4H5ClO3. The number of hydrogen-bond acceptors (Lipinski definition) is 2. The van der Waals surface area contributed by atoms with Gasteiger partial charge in [0, 0.05) is 0 Å². The second-order valence-electron chi connectivity index (χ2n) is 1.25. The molecular weight excluding hydrogens is 131 g/mol. The van der Waals surface area contributed by atoms with Crippen LogP contribution >= 0.6 is 11.6 Å². The molecule has 4 heteroatoms. The molecule has 0 aliphatic heterocycles. The van der Waals surface area contributed by atoms with Crippen molar-refractivity contribution in [2.45, 2.75) is 11.8 Å². The second kappa shape index (κ2) is 3.43. The van der Waals surface area contributed by atoms with Crippen LogP contribution in [-0.4, -0.2) is 22.7 Å². The van der Waals surface area contributed by atoms with Crippen molar-refractivity contribution in [2.24, 2.45) is 0 Å². The molecule has 0 fully saturated rings. The SMILES string of the molecule is O=CC(Cl)CC(=O)O. The minimum Gasteiger partial charge on any atom is -0.481 e. The summed E-state index contributed by atoms with van der Waals surface area (Å²) < 4.78 is 0. The first-order chi connectivity index (χ1) is 3.66. The first-order valence-corrected chi connectivity index (χ1v) is 2.41. The molecule has 0 aliphatic carbocycles.